The minimum Gasteiger partial charge on any atom is -0.387 e. The van der Waals surface area contributed by atoms with Crippen LogP contribution in [0.2, 0.25) is 0 Å². The molecule has 3 saturated heterocycles. The zero-order valence-corrected chi connectivity index (χ0v) is 23.8. The standard InChI is InChI=1S/C22H21F3N8O9P2/c23-22(24,25)9-2-1-3-10-15(9)30-31-33(10)21-18-17(34)13(40-21)6-38-43(35)41-11-4-14(39-12(11)5-37-44(36)42-18)32-8-29-16-19(26)27-7-28-20(16)32/h1-3,7-8,11-14,17-18,21,34H,4-6H2,(H2,26,27,28)/q+2/t11-,12+,13+,14+,17+,18+,21+/m0/s1. The maximum atomic E-state index is 13.5. The van der Waals surface area contributed by atoms with E-state index in [1.165, 1.54) is 18.7 Å². The number of halogens is 3. The fraction of sp³-hybridized carbons (Fsp3) is 0.500. The summed E-state index contributed by atoms with van der Waals surface area (Å²) in [5.74, 6) is 0.163. The van der Waals surface area contributed by atoms with Crippen molar-refractivity contribution in [2.75, 3.05) is 18.9 Å². The van der Waals surface area contributed by atoms with E-state index >= 15 is 0 Å². The van der Waals surface area contributed by atoms with Crippen LogP contribution in [0.15, 0.2) is 30.9 Å². The van der Waals surface area contributed by atoms with Gasteiger partial charge in [-0.3, -0.25) is 4.57 Å². The number of aliphatic hydroxyl groups excluding tert-OH is 1. The first-order valence-corrected chi connectivity index (χ1v) is 15.1. The zero-order valence-electron chi connectivity index (χ0n) is 22.0. The van der Waals surface area contributed by atoms with E-state index in [0.717, 1.165) is 16.8 Å². The third-order valence-corrected chi connectivity index (χ3v) is 8.94. The summed E-state index contributed by atoms with van der Waals surface area (Å²) < 4.78 is 103. The molecule has 6 heterocycles. The van der Waals surface area contributed by atoms with E-state index in [9.17, 15) is 27.4 Å². The van der Waals surface area contributed by atoms with Gasteiger partial charge in [-0.1, -0.05) is 11.3 Å². The molecule has 1 aromatic carbocycles. The second-order valence-corrected chi connectivity index (χ2v) is 11.8. The minimum atomic E-state index is -4.72. The number of anilines is 1. The van der Waals surface area contributed by atoms with E-state index < -0.39 is 83.3 Å². The number of nitrogens with zero attached hydrogens (tertiary/aromatic N) is 7. The summed E-state index contributed by atoms with van der Waals surface area (Å²) >= 11 is 0. The van der Waals surface area contributed by atoms with Crippen LogP contribution >= 0.6 is 16.5 Å². The Morgan fingerprint density at radius 3 is 2.55 bits per heavy atom. The van der Waals surface area contributed by atoms with Gasteiger partial charge in [-0.2, -0.15) is 13.2 Å². The first-order chi connectivity index (χ1) is 21.1. The Morgan fingerprint density at radius 2 is 1.75 bits per heavy atom. The molecule has 3 aromatic heterocycles. The molecule has 44 heavy (non-hydrogen) atoms. The Labute approximate surface area is 245 Å². The van der Waals surface area contributed by atoms with Gasteiger partial charge in [-0.15, -0.1) is 23.2 Å². The number of aliphatic hydroxyl groups is 1. The van der Waals surface area contributed by atoms with Gasteiger partial charge in [0.15, 0.2) is 23.8 Å². The van der Waals surface area contributed by atoms with Gasteiger partial charge in [0.05, 0.1) is 17.4 Å². The lowest BCUT2D eigenvalue weighted by Gasteiger charge is -2.16. The van der Waals surface area contributed by atoms with Crippen LogP contribution in [0.5, 0.6) is 0 Å². The van der Waals surface area contributed by atoms with Crippen LogP contribution in [0.25, 0.3) is 22.2 Å². The average molecular weight is 660 g/mol. The number of nitrogen functional groups attached to an aromatic ring is 1. The number of nitrogens with two attached hydrogens (primary N) is 1. The lowest BCUT2D eigenvalue weighted by atomic mass is 10.1. The van der Waals surface area contributed by atoms with E-state index in [2.05, 4.69) is 25.3 Å². The van der Waals surface area contributed by atoms with E-state index in [1.807, 2.05) is 0 Å². The van der Waals surface area contributed by atoms with Gasteiger partial charge < -0.3 is 20.3 Å². The topological polar surface area (TPSA) is 210 Å². The fourth-order valence-corrected chi connectivity index (χ4v) is 6.83. The molecule has 0 aliphatic carbocycles. The summed E-state index contributed by atoms with van der Waals surface area (Å²) in [6.45, 7) is -0.864. The molecule has 0 radical (unpaired) electrons. The van der Waals surface area contributed by atoms with E-state index in [1.54, 1.807) is 4.57 Å². The largest absolute Gasteiger partial charge is 0.698 e. The van der Waals surface area contributed by atoms with Gasteiger partial charge in [-0.05, 0) is 12.1 Å². The highest BCUT2D eigenvalue weighted by Crippen LogP contribution is 2.44. The van der Waals surface area contributed by atoms with Crippen molar-refractivity contribution in [3.8, 4) is 0 Å². The van der Waals surface area contributed by atoms with Crippen molar-refractivity contribution in [1.82, 2.24) is 34.5 Å². The molecule has 17 nitrogen and oxygen atoms in total. The van der Waals surface area contributed by atoms with Crippen LogP contribution in [0.3, 0.4) is 0 Å². The average Bonchev–Trinajstić information content (AvgIpc) is 3.75. The first-order valence-electron chi connectivity index (χ1n) is 13.0. The third-order valence-electron chi connectivity index (χ3n) is 7.36. The molecule has 232 valence electrons. The van der Waals surface area contributed by atoms with E-state index in [4.69, 9.17) is 33.3 Å². The molecular formula is C22H21F3N8O9P2+2. The number of imidazole rings is 1. The summed E-state index contributed by atoms with van der Waals surface area (Å²) in [7, 11) is -5.78. The quantitative estimate of drug-likeness (QED) is 0.296. The Morgan fingerprint density at radius 1 is 0.977 bits per heavy atom. The molecule has 22 heteroatoms. The predicted molar refractivity (Wildman–Crippen MR) is 138 cm³/mol. The molecule has 3 aliphatic rings. The number of benzene rings is 1. The van der Waals surface area contributed by atoms with Gasteiger partial charge in [0.25, 0.3) is 0 Å². The predicted octanol–water partition coefficient (Wildman–Crippen LogP) is 2.55. The Bertz CT molecular complexity index is 1760. The van der Waals surface area contributed by atoms with Crippen molar-refractivity contribution in [2.24, 2.45) is 0 Å². The van der Waals surface area contributed by atoms with Crippen molar-refractivity contribution < 1.29 is 55.0 Å². The molecular weight excluding hydrogens is 639 g/mol. The number of ether oxygens (including phenoxy) is 2. The van der Waals surface area contributed by atoms with Gasteiger partial charge in [0.1, 0.15) is 61.2 Å². The summed E-state index contributed by atoms with van der Waals surface area (Å²) in [6, 6.07) is 3.32. The highest BCUT2D eigenvalue weighted by Gasteiger charge is 2.54. The second-order valence-electron chi connectivity index (χ2n) is 9.96. The number of alkyl halides is 3. The number of fused-ring (bicyclic) bond motifs is 5. The number of hydrogen-bond donors (Lipinski definition) is 2. The Balaban J connectivity index is 1.14. The summed E-state index contributed by atoms with van der Waals surface area (Å²) in [5.41, 5.74) is 5.00. The molecule has 9 atom stereocenters. The molecule has 2 unspecified atom stereocenters. The molecule has 0 saturated carbocycles. The third kappa shape index (κ3) is 5.21. The summed E-state index contributed by atoms with van der Waals surface area (Å²) in [4.78, 5) is 12.3. The molecule has 2 bridgehead atoms. The van der Waals surface area contributed by atoms with Crippen molar-refractivity contribution in [2.45, 2.75) is 55.6 Å². The first kappa shape index (κ1) is 29.4. The lowest BCUT2D eigenvalue weighted by Crippen LogP contribution is -2.34. The van der Waals surface area contributed by atoms with Crippen molar-refractivity contribution in [3.05, 3.63) is 36.4 Å². The molecule has 0 spiro atoms. The van der Waals surface area contributed by atoms with Crippen molar-refractivity contribution in [1.29, 1.82) is 0 Å². The Hall–Kier alpha value is -3.32. The van der Waals surface area contributed by atoms with Crippen LogP contribution in [0.4, 0.5) is 19.0 Å². The summed E-state index contributed by atoms with van der Waals surface area (Å²) in [6.07, 6.45) is -10.1. The fourth-order valence-electron chi connectivity index (χ4n) is 5.30. The van der Waals surface area contributed by atoms with E-state index in [0.29, 0.717) is 11.2 Å². The Kier molecular flexibility index (Phi) is 7.51. The molecule has 7 rings (SSSR count). The van der Waals surface area contributed by atoms with Crippen LogP contribution < -0.4 is 5.73 Å². The van der Waals surface area contributed by atoms with Gasteiger partial charge in [-0.25, -0.2) is 19.6 Å². The molecule has 3 fully saturated rings. The van der Waals surface area contributed by atoms with Crippen molar-refractivity contribution >= 4 is 44.5 Å². The van der Waals surface area contributed by atoms with Crippen molar-refractivity contribution in [3.63, 3.8) is 0 Å². The minimum absolute atomic E-state index is 0.0915. The lowest BCUT2D eigenvalue weighted by molar-refractivity contribution is -0.136. The number of aromatic nitrogens is 7. The van der Waals surface area contributed by atoms with Gasteiger partial charge >= 0.3 is 22.7 Å². The molecule has 0 amide bonds. The zero-order chi connectivity index (χ0) is 30.7. The second kappa shape index (κ2) is 11.2. The molecule has 3 N–H and O–H groups in total. The van der Waals surface area contributed by atoms with Crippen LogP contribution in [-0.2, 0) is 42.9 Å². The molecule has 3 aliphatic heterocycles. The van der Waals surface area contributed by atoms with Crippen LogP contribution in [0.1, 0.15) is 24.4 Å². The summed E-state index contributed by atoms with van der Waals surface area (Å²) in [5, 5.41) is 18.4. The highest BCUT2D eigenvalue weighted by molar-refractivity contribution is 7.33. The van der Waals surface area contributed by atoms with Crippen LogP contribution in [-0.4, -0.2) is 83.4 Å². The maximum Gasteiger partial charge on any atom is 0.698 e. The smallest absolute Gasteiger partial charge is 0.387 e. The van der Waals surface area contributed by atoms with Gasteiger partial charge in [0.2, 0.25) is 0 Å². The SMILES string of the molecule is Nc1ncnc2c1ncn2[C@H]1C[C@@H]2O[P+](=O)OC[C@H]3O[C@@H](n4nnc5c(C(F)(F)F)cccc54)[C@H](O[P+](=O)OC[C@H]2O1)[C@@H]3O. The number of rotatable bonds is 2. The molecule has 4 aromatic rings. The maximum absolute atomic E-state index is 13.5. The normalized spacial score (nSPS) is 32.0. The van der Waals surface area contributed by atoms with Crippen LogP contribution in [0, 0.1) is 0 Å². The highest BCUT2D eigenvalue weighted by atomic mass is 31.1. The van der Waals surface area contributed by atoms with Gasteiger partial charge in [0, 0.05) is 15.6 Å². The monoisotopic (exact) mass is 660 g/mol. The van der Waals surface area contributed by atoms with E-state index in [-0.39, 0.29) is 24.4 Å². The number of hydrogen-bond acceptors (Lipinski definition) is 15.